The Morgan fingerprint density at radius 3 is 2.62 bits per heavy atom. The van der Waals surface area contributed by atoms with Crippen LogP contribution in [0, 0.1) is 5.92 Å². The van der Waals surface area contributed by atoms with Gasteiger partial charge >= 0.3 is 0 Å². The zero-order chi connectivity index (χ0) is 14.9. The largest absolute Gasteiger partial charge is 0.337 e. The van der Waals surface area contributed by atoms with Gasteiger partial charge in [-0.25, -0.2) is 4.98 Å². The summed E-state index contributed by atoms with van der Waals surface area (Å²) in [6.07, 6.45) is 10.7. The van der Waals surface area contributed by atoms with E-state index in [2.05, 4.69) is 47.7 Å². The number of thioether (sulfide) groups is 1. The molecule has 0 spiro atoms. The molecule has 0 saturated heterocycles. The smallest absolute Gasteiger partial charge is 0.0945 e. The second kappa shape index (κ2) is 8.93. The Kier molecular flexibility index (Phi) is 6.87. The van der Waals surface area contributed by atoms with E-state index in [4.69, 9.17) is 0 Å². The summed E-state index contributed by atoms with van der Waals surface area (Å²) in [4.78, 5) is 5.47. The molecule has 0 unspecified atom stereocenters. The number of hydrogen-bond donors (Lipinski definition) is 0. The molecule has 0 N–H and O–H groups in total. The van der Waals surface area contributed by atoms with E-state index in [-0.39, 0.29) is 0 Å². The van der Waals surface area contributed by atoms with Crippen molar-refractivity contribution in [3.8, 4) is 0 Å². The van der Waals surface area contributed by atoms with E-state index in [9.17, 15) is 0 Å². The van der Waals surface area contributed by atoms with E-state index in [1.165, 1.54) is 29.1 Å². The highest BCUT2D eigenvalue weighted by molar-refractivity contribution is 7.99. The lowest BCUT2D eigenvalue weighted by molar-refractivity contribution is 0.579. The molecule has 21 heavy (non-hydrogen) atoms. The Hall–Kier alpha value is -1.22. The molecule has 0 bridgehead atoms. The van der Waals surface area contributed by atoms with Crippen molar-refractivity contribution >= 4 is 11.8 Å². The van der Waals surface area contributed by atoms with Crippen LogP contribution in [0.15, 0.2) is 47.9 Å². The summed E-state index contributed by atoms with van der Waals surface area (Å²) in [6.45, 7) is 5.64. The first kappa shape index (κ1) is 16.2. The average Bonchev–Trinajstić information content (AvgIpc) is 2.98. The Morgan fingerprint density at radius 2 is 1.95 bits per heavy atom. The molecule has 1 aromatic heterocycles. The maximum atomic E-state index is 4.07. The van der Waals surface area contributed by atoms with E-state index >= 15 is 0 Å². The highest BCUT2D eigenvalue weighted by Gasteiger charge is 1.98. The van der Waals surface area contributed by atoms with E-state index in [0.717, 1.165) is 25.3 Å². The van der Waals surface area contributed by atoms with Gasteiger partial charge in [0, 0.05) is 23.8 Å². The van der Waals surface area contributed by atoms with E-state index in [1.807, 2.05) is 30.5 Å². The Morgan fingerprint density at radius 1 is 1.14 bits per heavy atom. The second-order valence-electron chi connectivity index (χ2n) is 5.93. The van der Waals surface area contributed by atoms with Gasteiger partial charge < -0.3 is 4.57 Å². The fourth-order valence-corrected chi connectivity index (χ4v) is 3.19. The lowest BCUT2D eigenvalue weighted by atomic mass is 10.1. The first-order valence-corrected chi connectivity index (χ1v) is 8.90. The van der Waals surface area contributed by atoms with Crippen molar-refractivity contribution in [3.63, 3.8) is 0 Å². The number of imidazole rings is 1. The predicted octanol–water partition coefficient (Wildman–Crippen LogP) is 5.04. The van der Waals surface area contributed by atoms with E-state index in [1.54, 1.807) is 0 Å². The number of aryl methyl sites for hydroxylation is 2. The molecule has 2 rings (SSSR count). The summed E-state index contributed by atoms with van der Waals surface area (Å²) >= 11 is 1.98. The summed E-state index contributed by atoms with van der Waals surface area (Å²) in [6, 6.07) is 9.09. The third kappa shape index (κ3) is 6.38. The molecule has 0 atom stereocenters. The Labute approximate surface area is 133 Å². The molecule has 0 aliphatic carbocycles. The van der Waals surface area contributed by atoms with Crippen molar-refractivity contribution in [2.24, 2.45) is 5.92 Å². The minimum absolute atomic E-state index is 0.823. The number of aromatic nitrogens is 2. The van der Waals surface area contributed by atoms with Gasteiger partial charge in [0.2, 0.25) is 0 Å². The lowest BCUT2D eigenvalue weighted by Crippen LogP contribution is -1.96. The van der Waals surface area contributed by atoms with Gasteiger partial charge in [-0.2, -0.15) is 0 Å². The van der Waals surface area contributed by atoms with Crippen LogP contribution in [0.3, 0.4) is 0 Å². The van der Waals surface area contributed by atoms with Crippen LogP contribution in [-0.4, -0.2) is 15.3 Å². The molecule has 0 amide bonds. The number of rotatable bonds is 9. The lowest BCUT2D eigenvalue weighted by Gasteiger charge is -2.06. The standard InChI is InChI=1S/C18H26N2S/c1-16(2)5-4-14-21-18-9-7-17(8-10-18)6-3-12-20-13-11-19-15-20/h7-11,13,15-16H,3-6,12,14H2,1-2H3. The molecule has 0 aliphatic rings. The van der Waals surface area contributed by atoms with Crippen LogP contribution in [0.5, 0.6) is 0 Å². The average molecular weight is 302 g/mol. The van der Waals surface area contributed by atoms with Crippen LogP contribution >= 0.6 is 11.8 Å². The molecule has 0 radical (unpaired) electrons. The van der Waals surface area contributed by atoms with Gasteiger partial charge in [-0.1, -0.05) is 32.4 Å². The molecule has 0 aliphatic heterocycles. The van der Waals surface area contributed by atoms with Crippen molar-refractivity contribution in [3.05, 3.63) is 48.5 Å². The van der Waals surface area contributed by atoms with E-state index in [0.29, 0.717) is 0 Å². The van der Waals surface area contributed by atoms with Gasteiger partial charge in [0.1, 0.15) is 0 Å². The van der Waals surface area contributed by atoms with Gasteiger partial charge in [-0.15, -0.1) is 11.8 Å². The van der Waals surface area contributed by atoms with Crippen LogP contribution in [0.4, 0.5) is 0 Å². The topological polar surface area (TPSA) is 17.8 Å². The van der Waals surface area contributed by atoms with Gasteiger partial charge in [0.15, 0.2) is 0 Å². The third-order valence-electron chi connectivity index (χ3n) is 3.56. The Bertz CT molecular complexity index is 488. The van der Waals surface area contributed by atoms with Gasteiger partial charge in [0.25, 0.3) is 0 Å². The molecule has 2 nitrogen and oxygen atoms in total. The van der Waals surface area contributed by atoms with Crippen LogP contribution in [0.25, 0.3) is 0 Å². The first-order valence-electron chi connectivity index (χ1n) is 7.91. The van der Waals surface area contributed by atoms with E-state index < -0.39 is 0 Å². The minimum Gasteiger partial charge on any atom is -0.337 e. The van der Waals surface area contributed by atoms with Crippen LogP contribution in [0.1, 0.15) is 38.7 Å². The second-order valence-corrected chi connectivity index (χ2v) is 7.10. The molecule has 2 aromatic rings. The fourth-order valence-electron chi connectivity index (χ4n) is 2.32. The summed E-state index contributed by atoms with van der Waals surface area (Å²) in [5, 5.41) is 0. The van der Waals surface area contributed by atoms with Gasteiger partial charge in [-0.05, 0) is 48.6 Å². The highest BCUT2D eigenvalue weighted by Crippen LogP contribution is 2.21. The summed E-state index contributed by atoms with van der Waals surface area (Å²) in [5.41, 5.74) is 1.43. The maximum absolute atomic E-state index is 4.07. The van der Waals surface area contributed by atoms with Crippen molar-refractivity contribution < 1.29 is 0 Å². The molecule has 1 aromatic carbocycles. The summed E-state index contributed by atoms with van der Waals surface area (Å²) < 4.78 is 2.14. The first-order chi connectivity index (χ1) is 10.2. The van der Waals surface area contributed by atoms with Crippen LogP contribution in [0.2, 0.25) is 0 Å². The maximum Gasteiger partial charge on any atom is 0.0945 e. The zero-order valence-electron chi connectivity index (χ0n) is 13.2. The van der Waals surface area contributed by atoms with Crippen LogP contribution in [-0.2, 0) is 13.0 Å². The molecule has 3 heteroatoms. The van der Waals surface area contributed by atoms with Crippen molar-refractivity contribution in [2.45, 2.75) is 51.0 Å². The predicted molar refractivity (Wildman–Crippen MR) is 91.8 cm³/mol. The quantitative estimate of drug-likeness (QED) is 0.477. The summed E-state index contributed by atoms with van der Waals surface area (Å²) in [7, 11) is 0. The van der Waals surface area contributed by atoms with Gasteiger partial charge in [-0.3, -0.25) is 0 Å². The van der Waals surface area contributed by atoms with Gasteiger partial charge in [0.05, 0.1) is 6.33 Å². The molecule has 0 saturated carbocycles. The normalized spacial score (nSPS) is 11.2. The zero-order valence-corrected chi connectivity index (χ0v) is 14.0. The monoisotopic (exact) mass is 302 g/mol. The molecule has 1 heterocycles. The van der Waals surface area contributed by atoms with Crippen molar-refractivity contribution in [1.82, 2.24) is 9.55 Å². The fraction of sp³-hybridized carbons (Fsp3) is 0.500. The molecular formula is C18H26N2S. The molecular weight excluding hydrogens is 276 g/mol. The number of nitrogens with zero attached hydrogens (tertiary/aromatic N) is 2. The van der Waals surface area contributed by atoms with Crippen molar-refractivity contribution in [2.75, 3.05) is 5.75 Å². The number of hydrogen-bond acceptors (Lipinski definition) is 2. The van der Waals surface area contributed by atoms with Crippen LogP contribution < -0.4 is 0 Å². The van der Waals surface area contributed by atoms with Crippen molar-refractivity contribution in [1.29, 1.82) is 0 Å². The Balaban J connectivity index is 1.66. The minimum atomic E-state index is 0.823. The number of benzene rings is 1. The molecule has 0 fully saturated rings. The SMILES string of the molecule is CC(C)CCCSc1ccc(CCCn2ccnc2)cc1. The third-order valence-corrected chi connectivity index (χ3v) is 4.66. The summed E-state index contributed by atoms with van der Waals surface area (Å²) in [5.74, 6) is 2.06. The highest BCUT2D eigenvalue weighted by atomic mass is 32.2. The molecule has 114 valence electrons.